The summed E-state index contributed by atoms with van der Waals surface area (Å²) in [6, 6.07) is 10.7. The molecule has 0 bridgehead atoms. The molecule has 4 rings (SSSR count). The van der Waals surface area contributed by atoms with Crippen LogP contribution in [0.1, 0.15) is 12.8 Å². The monoisotopic (exact) mass is 555 g/mol. The van der Waals surface area contributed by atoms with Crippen molar-refractivity contribution >= 4 is 52.1 Å². The highest BCUT2D eigenvalue weighted by Crippen LogP contribution is 2.19. The van der Waals surface area contributed by atoms with E-state index in [0.717, 1.165) is 77.0 Å². The molecule has 31 heavy (non-hydrogen) atoms. The molecular weight excluding hydrogens is 521 g/mol. The Morgan fingerprint density at radius 3 is 2.32 bits per heavy atom. The molecule has 0 saturated carbocycles. The van der Waals surface area contributed by atoms with Crippen molar-refractivity contribution in [1.29, 1.82) is 0 Å². The van der Waals surface area contributed by atoms with Crippen LogP contribution in [0.25, 0.3) is 0 Å². The first-order chi connectivity index (χ1) is 14.8. The lowest BCUT2D eigenvalue weighted by Gasteiger charge is -2.36. The van der Waals surface area contributed by atoms with Gasteiger partial charge in [0, 0.05) is 76.2 Å². The molecule has 9 heteroatoms. The fraction of sp³-hybridized carbons (Fsp3) is 0.545. The van der Waals surface area contributed by atoms with Gasteiger partial charge in [0.2, 0.25) is 0 Å². The van der Waals surface area contributed by atoms with Gasteiger partial charge in [-0.3, -0.25) is 9.89 Å². The van der Waals surface area contributed by atoms with E-state index in [0.29, 0.717) is 5.96 Å². The predicted octanol–water partition coefficient (Wildman–Crippen LogP) is 2.80. The Balaban J connectivity index is 0.00000272. The van der Waals surface area contributed by atoms with Crippen LogP contribution in [0.2, 0.25) is 0 Å². The summed E-state index contributed by atoms with van der Waals surface area (Å²) < 4.78 is 0. The number of guanidine groups is 1. The molecule has 2 fully saturated rings. The van der Waals surface area contributed by atoms with Crippen LogP contribution < -0.4 is 15.5 Å². The number of piperazine rings is 2. The highest BCUT2D eigenvalue weighted by Gasteiger charge is 2.20. The molecule has 0 unspecified atom stereocenters. The molecule has 1 aromatic carbocycles. The van der Waals surface area contributed by atoms with Crippen molar-refractivity contribution in [2.24, 2.45) is 10.7 Å². The van der Waals surface area contributed by atoms with Gasteiger partial charge in [0.1, 0.15) is 0 Å². The molecule has 0 spiro atoms. The van der Waals surface area contributed by atoms with Crippen LogP contribution in [-0.4, -0.2) is 86.2 Å². The van der Waals surface area contributed by atoms with Crippen molar-refractivity contribution < 1.29 is 0 Å². The number of halogens is 1. The number of anilines is 2. The van der Waals surface area contributed by atoms with E-state index in [9.17, 15) is 0 Å². The Hall–Kier alpha value is -1.59. The zero-order chi connectivity index (χ0) is 20.6. The molecule has 2 N–H and O–H groups in total. The van der Waals surface area contributed by atoms with Crippen LogP contribution in [0.3, 0.4) is 0 Å². The summed E-state index contributed by atoms with van der Waals surface area (Å²) >= 11 is 1.70. The Morgan fingerprint density at radius 2 is 1.65 bits per heavy atom. The first-order valence-electron chi connectivity index (χ1n) is 11.0. The number of nitrogens with two attached hydrogens (primary N) is 1. The second-order valence-electron chi connectivity index (χ2n) is 7.90. The van der Waals surface area contributed by atoms with Gasteiger partial charge in [-0.2, -0.15) is 0 Å². The van der Waals surface area contributed by atoms with E-state index in [1.807, 2.05) is 11.6 Å². The number of para-hydroxylation sites is 1. The predicted molar refractivity (Wildman–Crippen MR) is 142 cm³/mol. The van der Waals surface area contributed by atoms with Crippen molar-refractivity contribution in [2.75, 3.05) is 75.2 Å². The summed E-state index contributed by atoms with van der Waals surface area (Å²) in [5, 5.41) is 3.13. The second kappa shape index (κ2) is 12.4. The number of rotatable bonds is 7. The molecule has 0 aliphatic carbocycles. The van der Waals surface area contributed by atoms with Crippen LogP contribution in [0.15, 0.2) is 46.9 Å². The number of aromatic nitrogens is 1. The van der Waals surface area contributed by atoms with Gasteiger partial charge in [-0.05, 0) is 31.5 Å². The Kier molecular flexibility index (Phi) is 9.66. The van der Waals surface area contributed by atoms with Crippen molar-refractivity contribution in [2.45, 2.75) is 12.8 Å². The van der Waals surface area contributed by atoms with Crippen molar-refractivity contribution in [1.82, 2.24) is 14.8 Å². The normalized spacial score (nSPS) is 18.2. The second-order valence-corrected chi connectivity index (χ2v) is 8.77. The fourth-order valence-corrected chi connectivity index (χ4v) is 4.81. The van der Waals surface area contributed by atoms with E-state index in [4.69, 9.17) is 5.73 Å². The van der Waals surface area contributed by atoms with Gasteiger partial charge in [-0.25, -0.2) is 4.98 Å². The Labute approximate surface area is 206 Å². The number of thiazole rings is 1. The van der Waals surface area contributed by atoms with E-state index >= 15 is 0 Å². The zero-order valence-corrected chi connectivity index (χ0v) is 21.3. The van der Waals surface area contributed by atoms with Crippen LogP contribution in [0.5, 0.6) is 0 Å². The van der Waals surface area contributed by atoms with Crippen molar-refractivity contribution in [3.8, 4) is 0 Å². The third kappa shape index (κ3) is 6.95. The summed E-state index contributed by atoms with van der Waals surface area (Å²) in [6.45, 7) is 10.2. The number of hydrogen-bond donors (Lipinski definition) is 1. The van der Waals surface area contributed by atoms with Crippen LogP contribution in [0, 0.1) is 0 Å². The summed E-state index contributed by atoms with van der Waals surface area (Å²) in [4.78, 5) is 18.6. The standard InChI is InChI=1S/C22H33N7S.HI/c23-21(28-15-17-29(18-16-28)22-25-9-19-30-22)24-8-4-5-10-26-11-13-27(14-12-26)20-6-2-1-3-7-20;/h1-3,6-7,9,19H,4-5,8,10-18H2,(H2,23,24);1H. The van der Waals surface area contributed by atoms with Crippen LogP contribution >= 0.6 is 35.3 Å². The number of nitrogens with zero attached hydrogens (tertiary/aromatic N) is 6. The lowest BCUT2D eigenvalue weighted by molar-refractivity contribution is 0.253. The van der Waals surface area contributed by atoms with Gasteiger partial charge >= 0.3 is 0 Å². The molecular formula is C22H34IN7S. The quantitative estimate of drug-likeness (QED) is 0.246. The number of unbranched alkanes of at least 4 members (excludes halogenated alkanes) is 1. The molecule has 0 atom stereocenters. The fourth-order valence-electron chi connectivity index (χ4n) is 4.11. The lowest BCUT2D eigenvalue weighted by Crippen LogP contribution is -2.51. The van der Waals surface area contributed by atoms with Crippen LogP contribution in [-0.2, 0) is 0 Å². The SMILES string of the molecule is I.NC(=NCCCCN1CCN(c2ccccc2)CC1)N1CCN(c2nccs2)CC1. The molecule has 0 amide bonds. The molecule has 1 aromatic heterocycles. The van der Waals surface area contributed by atoms with E-state index in [1.165, 1.54) is 12.1 Å². The summed E-state index contributed by atoms with van der Waals surface area (Å²) in [5.41, 5.74) is 7.58. The molecule has 7 nitrogen and oxygen atoms in total. The molecule has 170 valence electrons. The van der Waals surface area contributed by atoms with E-state index < -0.39 is 0 Å². The lowest BCUT2D eigenvalue weighted by atomic mass is 10.2. The van der Waals surface area contributed by atoms with Crippen molar-refractivity contribution in [3.05, 3.63) is 41.9 Å². The first-order valence-corrected chi connectivity index (χ1v) is 11.9. The van der Waals surface area contributed by atoms with Crippen molar-refractivity contribution in [3.63, 3.8) is 0 Å². The van der Waals surface area contributed by atoms with Gasteiger partial charge in [-0.1, -0.05) is 18.2 Å². The zero-order valence-electron chi connectivity index (χ0n) is 18.1. The van der Waals surface area contributed by atoms with E-state index in [2.05, 4.69) is 59.9 Å². The molecule has 2 aliphatic rings. The maximum atomic E-state index is 6.24. The summed E-state index contributed by atoms with van der Waals surface area (Å²) in [6.07, 6.45) is 4.14. The van der Waals surface area contributed by atoms with E-state index in [1.54, 1.807) is 11.3 Å². The summed E-state index contributed by atoms with van der Waals surface area (Å²) in [7, 11) is 0. The average molecular weight is 556 g/mol. The number of aliphatic imine (C=N–C) groups is 1. The van der Waals surface area contributed by atoms with Gasteiger partial charge in [0.25, 0.3) is 0 Å². The number of benzene rings is 1. The molecule has 2 aliphatic heterocycles. The highest BCUT2D eigenvalue weighted by molar-refractivity contribution is 14.0. The molecule has 2 aromatic rings. The smallest absolute Gasteiger partial charge is 0.191 e. The maximum absolute atomic E-state index is 6.24. The number of hydrogen-bond acceptors (Lipinski definition) is 6. The van der Waals surface area contributed by atoms with Gasteiger partial charge in [0.05, 0.1) is 0 Å². The van der Waals surface area contributed by atoms with Gasteiger partial charge in [0.15, 0.2) is 11.1 Å². The summed E-state index contributed by atoms with van der Waals surface area (Å²) in [5.74, 6) is 0.699. The van der Waals surface area contributed by atoms with Gasteiger partial charge in [-0.15, -0.1) is 35.3 Å². The molecule has 0 radical (unpaired) electrons. The topological polar surface area (TPSA) is 64.2 Å². The van der Waals surface area contributed by atoms with Crippen LogP contribution in [0.4, 0.5) is 10.8 Å². The third-order valence-corrected chi connectivity index (χ3v) is 6.78. The first kappa shape index (κ1) is 24.1. The minimum Gasteiger partial charge on any atom is -0.370 e. The average Bonchev–Trinajstić information content (AvgIpc) is 3.35. The van der Waals surface area contributed by atoms with E-state index in [-0.39, 0.29) is 24.0 Å². The molecule has 3 heterocycles. The van der Waals surface area contributed by atoms with Gasteiger partial charge < -0.3 is 20.4 Å². The largest absolute Gasteiger partial charge is 0.370 e. The Bertz CT molecular complexity index is 770. The maximum Gasteiger partial charge on any atom is 0.191 e. The molecule has 2 saturated heterocycles. The minimum atomic E-state index is 0. The minimum absolute atomic E-state index is 0. The highest BCUT2D eigenvalue weighted by atomic mass is 127. The Morgan fingerprint density at radius 1 is 0.935 bits per heavy atom. The third-order valence-electron chi connectivity index (χ3n) is 5.94.